The van der Waals surface area contributed by atoms with Gasteiger partial charge in [-0.25, -0.2) is 8.42 Å². The number of rotatable bonds is 3. The Labute approximate surface area is 115 Å². The molecule has 0 bridgehead atoms. The Morgan fingerprint density at radius 3 is 2.79 bits per heavy atom. The third kappa shape index (κ3) is 3.30. The molecule has 2 rings (SSSR count). The average Bonchev–Trinajstić information content (AvgIpc) is 2.68. The summed E-state index contributed by atoms with van der Waals surface area (Å²) in [6, 6.07) is 4.67. The molecule has 1 aromatic rings. The van der Waals surface area contributed by atoms with Crippen molar-refractivity contribution < 1.29 is 18.4 Å². The fourth-order valence-electron chi connectivity index (χ4n) is 1.88. The maximum atomic E-state index is 11.3. The molecule has 0 amide bonds. The maximum absolute atomic E-state index is 11.3. The molecule has 6 nitrogen and oxygen atoms in total. The van der Waals surface area contributed by atoms with Gasteiger partial charge in [0.2, 0.25) is 0 Å². The van der Waals surface area contributed by atoms with Gasteiger partial charge in [0.1, 0.15) is 11.9 Å². The smallest absolute Gasteiger partial charge is 0.171 e. The van der Waals surface area contributed by atoms with Crippen LogP contribution in [0.2, 0.25) is 5.02 Å². The Bertz CT molecular complexity index is 615. The summed E-state index contributed by atoms with van der Waals surface area (Å²) >= 11 is 5.97. The Morgan fingerprint density at radius 2 is 2.26 bits per heavy atom. The lowest BCUT2D eigenvalue weighted by molar-refractivity contribution is 0.229. The van der Waals surface area contributed by atoms with Crippen LogP contribution in [-0.4, -0.2) is 37.1 Å². The van der Waals surface area contributed by atoms with Gasteiger partial charge >= 0.3 is 0 Å². The molecular weight excluding hydrogens is 292 g/mol. The molecule has 0 spiro atoms. The third-order valence-corrected chi connectivity index (χ3v) is 4.87. The number of oxime groups is 1. The van der Waals surface area contributed by atoms with Crippen LogP contribution in [0.5, 0.6) is 5.75 Å². The minimum atomic E-state index is -2.98. The van der Waals surface area contributed by atoms with E-state index in [1.807, 2.05) is 0 Å². The second-order valence-electron chi connectivity index (χ2n) is 4.27. The van der Waals surface area contributed by atoms with Gasteiger partial charge in [-0.1, -0.05) is 16.8 Å². The normalized spacial score (nSPS) is 22.4. The summed E-state index contributed by atoms with van der Waals surface area (Å²) in [5.74, 6) is 0.529. The second kappa shape index (κ2) is 5.26. The SMILES string of the molecule is N/C(=N/O)c1ccc(OC2CCS(=O)(=O)C2)cc1Cl. The first kappa shape index (κ1) is 14.0. The fraction of sp³-hybridized carbons (Fsp3) is 0.364. The average molecular weight is 305 g/mol. The standard InChI is InChI=1S/C11H13ClN2O4S/c12-10-5-7(1-2-9(10)11(13)14-15)18-8-3-4-19(16,17)6-8/h1-2,5,8,15H,3-4,6H2,(H2,13,14). The Hall–Kier alpha value is -1.47. The number of nitrogens with zero attached hydrogens (tertiary/aromatic N) is 1. The van der Waals surface area contributed by atoms with Gasteiger partial charge in [0.05, 0.1) is 16.5 Å². The maximum Gasteiger partial charge on any atom is 0.171 e. The molecule has 1 aliphatic rings. The molecule has 1 saturated heterocycles. The molecule has 19 heavy (non-hydrogen) atoms. The molecule has 0 radical (unpaired) electrons. The number of hydrogen-bond donors (Lipinski definition) is 2. The molecule has 104 valence electrons. The predicted octanol–water partition coefficient (Wildman–Crippen LogP) is 1.00. The van der Waals surface area contributed by atoms with Crippen molar-refractivity contribution in [2.45, 2.75) is 12.5 Å². The number of amidine groups is 1. The predicted molar refractivity (Wildman–Crippen MR) is 71.6 cm³/mol. The molecule has 0 aliphatic carbocycles. The minimum Gasteiger partial charge on any atom is -0.489 e. The Balaban J connectivity index is 2.13. The number of hydrogen-bond acceptors (Lipinski definition) is 5. The van der Waals surface area contributed by atoms with Crippen LogP contribution in [0.25, 0.3) is 0 Å². The van der Waals surface area contributed by atoms with Crippen LogP contribution in [-0.2, 0) is 9.84 Å². The largest absolute Gasteiger partial charge is 0.489 e. The second-order valence-corrected chi connectivity index (χ2v) is 6.91. The molecular formula is C11H13ClN2O4S. The first-order chi connectivity index (χ1) is 8.91. The molecule has 0 aromatic heterocycles. The van der Waals surface area contributed by atoms with Crippen LogP contribution >= 0.6 is 11.6 Å². The van der Waals surface area contributed by atoms with E-state index in [1.54, 1.807) is 12.1 Å². The molecule has 3 N–H and O–H groups in total. The molecule has 1 fully saturated rings. The van der Waals surface area contributed by atoms with Gasteiger partial charge in [0, 0.05) is 5.56 Å². The van der Waals surface area contributed by atoms with Gasteiger partial charge in [-0.05, 0) is 24.6 Å². The lowest BCUT2D eigenvalue weighted by Gasteiger charge is -2.13. The van der Waals surface area contributed by atoms with Crippen molar-refractivity contribution in [3.63, 3.8) is 0 Å². The van der Waals surface area contributed by atoms with Crippen molar-refractivity contribution in [1.82, 2.24) is 0 Å². The van der Waals surface area contributed by atoms with Crippen molar-refractivity contribution in [2.75, 3.05) is 11.5 Å². The van der Waals surface area contributed by atoms with Gasteiger partial charge in [-0.15, -0.1) is 0 Å². The molecule has 1 aliphatic heterocycles. The van der Waals surface area contributed by atoms with Crippen LogP contribution in [0.4, 0.5) is 0 Å². The van der Waals surface area contributed by atoms with Crippen molar-refractivity contribution in [1.29, 1.82) is 0 Å². The molecule has 1 heterocycles. The summed E-state index contributed by atoms with van der Waals surface area (Å²) in [5, 5.41) is 11.7. The zero-order valence-electron chi connectivity index (χ0n) is 9.91. The van der Waals surface area contributed by atoms with Crippen molar-refractivity contribution >= 4 is 27.3 Å². The van der Waals surface area contributed by atoms with E-state index in [0.29, 0.717) is 17.7 Å². The van der Waals surface area contributed by atoms with E-state index >= 15 is 0 Å². The first-order valence-corrected chi connectivity index (χ1v) is 7.76. The highest BCUT2D eigenvalue weighted by molar-refractivity contribution is 7.91. The summed E-state index contributed by atoms with van der Waals surface area (Å²) in [6.07, 6.45) is 0.123. The fourth-order valence-corrected chi connectivity index (χ4v) is 3.73. The van der Waals surface area contributed by atoms with Crippen LogP contribution in [0.1, 0.15) is 12.0 Å². The lowest BCUT2D eigenvalue weighted by Crippen LogP contribution is -2.18. The molecule has 1 aromatic carbocycles. The molecule has 1 atom stereocenters. The Kier molecular flexibility index (Phi) is 3.86. The monoisotopic (exact) mass is 304 g/mol. The number of halogens is 1. The van der Waals surface area contributed by atoms with E-state index in [2.05, 4.69) is 5.16 Å². The van der Waals surface area contributed by atoms with Crippen LogP contribution < -0.4 is 10.5 Å². The summed E-state index contributed by atoms with van der Waals surface area (Å²) in [5.41, 5.74) is 5.82. The van der Waals surface area contributed by atoms with Gasteiger partial charge in [0.15, 0.2) is 15.7 Å². The number of ether oxygens (including phenoxy) is 1. The van der Waals surface area contributed by atoms with E-state index in [4.69, 9.17) is 27.3 Å². The van der Waals surface area contributed by atoms with Crippen molar-refractivity contribution in [3.05, 3.63) is 28.8 Å². The quantitative estimate of drug-likeness (QED) is 0.375. The van der Waals surface area contributed by atoms with E-state index in [0.717, 1.165) is 0 Å². The van der Waals surface area contributed by atoms with E-state index in [-0.39, 0.29) is 28.5 Å². The van der Waals surface area contributed by atoms with Gasteiger partial charge < -0.3 is 15.7 Å². The topological polar surface area (TPSA) is 102 Å². The summed E-state index contributed by atoms with van der Waals surface area (Å²) in [6.45, 7) is 0. The molecule has 1 unspecified atom stereocenters. The third-order valence-electron chi connectivity index (χ3n) is 2.82. The number of sulfone groups is 1. The summed E-state index contributed by atoms with van der Waals surface area (Å²) in [7, 11) is -2.98. The van der Waals surface area contributed by atoms with Crippen molar-refractivity contribution in [3.8, 4) is 5.75 Å². The molecule has 0 saturated carbocycles. The summed E-state index contributed by atoms with van der Waals surface area (Å²) in [4.78, 5) is 0. The zero-order valence-corrected chi connectivity index (χ0v) is 11.5. The first-order valence-electron chi connectivity index (χ1n) is 5.56. The van der Waals surface area contributed by atoms with Crippen LogP contribution in [0.15, 0.2) is 23.4 Å². The lowest BCUT2D eigenvalue weighted by atomic mass is 10.2. The number of nitrogens with two attached hydrogens (primary N) is 1. The van der Waals surface area contributed by atoms with E-state index in [1.165, 1.54) is 6.07 Å². The minimum absolute atomic E-state index is 0.0204. The van der Waals surface area contributed by atoms with E-state index in [9.17, 15) is 8.42 Å². The highest BCUT2D eigenvalue weighted by Crippen LogP contribution is 2.25. The molecule has 8 heteroatoms. The van der Waals surface area contributed by atoms with E-state index < -0.39 is 9.84 Å². The Morgan fingerprint density at radius 1 is 1.53 bits per heavy atom. The van der Waals surface area contributed by atoms with Gasteiger partial charge in [-0.3, -0.25) is 0 Å². The van der Waals surface area contributed by atoms with Crippen LogP contribution in [0, 0.1) is 0 Å². The van der Waals surface area contributed by atoms with Gasteiger partial charge in [-0.2, -0.15) is 0 Å². The van der Waals surface area contributed by atoms with Crippen LogP contribution in [0.3, 0.4) is 0 Å². The zero-order chi connectivity index (χ0) is 14.0. The summed E-state index contributed by atoms with van der Waals surface area (Å²) < 4.78 is 28.2. The van der Waals surface area contributed by atoms with Gasteiger partial charge in [0.25, 0.3) is 0 Å². The number of benzene rings is 1. The van der Waals surface area contributed by atoms with Crippen molar-refractivity contribution in [2.24, 2.45) is 10.9 Å². The highest BCUT2D eigenvalue weighted by Gasteiger charge is 2.29. The highest BCUT2D eigenvalue weighted by atomic mass is 35.5.